The van der Waals surface area contributed by atoms with Crippen molar-refractivity contribution in [3.8, 4) is 0 Å². The molecule has 0 saturated carbocycles. The van der Waals surface area contributed by atoms with Gasteiger partial charge in [0.2, 0.25) is 0 Å². The summed E-state index contributed by atoms with van der Waals surface area (Å²) in [4.78, 5) is 23.8. The van der Waals surface area contributed by atoms with Gasteiger partial charge in [0.05, 0.1) is 12.2 Å². The van der Waals surface area contributed by atoms with Gasteiger partial charge in [-0.05, 0) is 42.6 Å². The minimum Gasteiger partial charge on any atom is -0.462 e. The summed E-state index contributed by atoms with van der Waals surface area (Å²) in [6.07, 6.45) is 0. The third kappa shape index (κ3) is 3.16. The minimum atomic E-state index is -0.443. The van der Waals surface area contributed by atoms with Crippen molar-refractivity contribution in [2.24, 2.45) is 0 Å². The molecule has 2 aromatic rings. The van der Waals surface area contributed by atoms with Gasteiger partial charge in [0, 0.05) is 11.3 Å². The molecule has 0 radical (unpaired) electrons. The Balaban J connectivity index is 2.14. The van der Waals surface area contributed by atoms with Crippen molar-refractivity contribution in [1.29, 1.82) is 0 Å². The number of amides is 1. The number of carbonyl (C=O) groups excluding carboxylic acids is 2. The van der Waals surface area contributed by atoms with Crippen LogP contribution in [0.4, 0.5) is 10.7 Å². The first kappa shape index (κ1) is 14.1. The van der Waals surface area contributed by atoms with Gasteiger partial charge in [0.1, 0.15) is 5.00 Å². The molecule has 0 aliphatic heterocycles. The van der Waals surface area contributed by atoms with Crippen molar-refractivity contribution in [3.63, 3.8) is 0 Å². The Morgan fingerprint density at radius 1 is 1.25 bits per heavy atom. The van der Waals surface area contributed by atoms with Gasteiger partial charge in [-0.3, -0.25) is 4.79 Å². The Bertz CT molecular complexity index is 620. The second kappa shape index (κ2) is 6.21. The maximum absolute atomic E-state index is 12.1. The van der Waals surface area contributed by atoms with E-state index in [0.717, 1.165) is 0 Å². The van der Waals surface area contributed by atoms with E-state index >= 15 is 0 Å². The number of nitrogen functional groups attached to an aromatic ring is 1. The van der Waals surface area contributed by atoms with Crippen LogP contribution in [0.2, 0.25) is 0 Å². The highest BCUT2D eigenvalue weighted by atomic mass is 32.1. The predicted molar refractivity (Wildman–Crippen MR) is 79.1 cm³/mol. The SMILES string of the molecule is CCOC(=O)c1ccsc1NC(=O)c1ccc(N)cc1. The van der Waals surface area contributed by atoms with Gasteiger partial charge in [0.15, 0.2) is 0 Å². The number of rotatable bonds is 4. The minimum absolute atomic E-state index is 0.292. The Morgan fingerprint density at radius 3 is 2.60 bits per heavy atom. The smallest absolute Gasteiger partial charge is 0.341 e. The van der Waals surface area contributed by atoms with Crippen LogP contribution in [-0.2, 0) is 4.74 Å². The largest absolute Gasteiger partial charge is 0.462 e. The molecule has 0 spiro atoms. The van der Waals surface area contributed by atoms with Crippen LogP contribution in [0, 0.1) is 0 Å². The molecule has 6 heteroatoms. The molecule has 0 atom stereocenters. The number of nitrogens with one attached hydrogen (secondary N) is 1. The highest BCUT2D eigenvalue weighted by molar-refractivity contribution is 7.14. The number of esters is 1. The topological polar surface area (TPSA) is 81.4 Å². The molecule has 104 valence electrons. The van der Waals surface area contributed by atoms with Crippen LogP contribution in [0.3, 0.4) is 0 Å². The zero-order valence-electron chi connectivity index (χ0n) is 10.9. The molecular weight excluding hydrogens is 276 g/mol. The van der Waals surface area contributed by atoms with Gasteiger partial charge < -0.3 is 15.8 Å². The molecule has 0 saturated heterocycles. The molecule has 1 aromatic carbocycles. The Labute approximate surface area is 120 Å². The average molecular weight is 290 g/mol. The lowest BCUT2D eigenvalue weighted by molar-refractivity contribution is 0.0528. The molecular formula is C14H14N2O3S. The summed E-state index contributed by atoms with van der Waals surface area (Å²) in [5.41, 5.74) is 6.99. The lowest BCUT2D eigenvalue weighted by atomic mass is 10.2. The van der Waals surface area contributed by atoms with E-state index in [1.165, 1.54) is 11.3 Å². The van der Waals surface area contributed by atoms with E-state index in [1.807, 2.05) is 0 Å². The van der Waals surface area contributed by atoms with Gasteiger partial charge >= 0.3 is 5.97 Å². The molecule has 0 fully saturated rings. The third-order valence-corrected chi connectivity index (χ3v) is 3.39. The van der Waals surface area contributed by atoms with Gasteiger partial charge in [-0.25, -0.2) is 4.79 Å². The van der Waals surface area contributed by atoms with E-state index in [4.69, 9.17) is 10.5 Å². The van der Waals surface area contributed by atoms with Crippen molar-refractivity contribution < 1.29 is 14.3 Å². The lowest BCUT2D eigenvalue weighted by Crippen LogP contribution is -2.14. The molecule has 5 nitrogen and oxygen atoms in total. The van der Waals surface area contributed by atoms with E-state index in [0.29, 0.717) is 28.4 Å². The highest BCUT2D eigenvalue weighted by Gasteiger charge is 2.16. The standard InChI is InChI=1S/C14H14N2O3S/c1-2-19-14(18)11-7-8-20-13(11)16-12(17)9-3-5-10(15)6-4-9/h3-8H,2,15H2,1H3,(H,16,17). The van der Waals surface area contributed by atoms with Crippen molar-refractivity contribution in [3.05, 3.63) is 46.8 Å². The second-order valence-corrected chi connectivity index (χ2v) is 4.88. The fraction of sp³-hybridized carbons (Fsp3) is 0.143. The summed E-state index contributed by atoms with van der Waals surface area (Å²) in [5.74, 6) is -0.737. The molecule has 0 aliphatic rings. The van der Waals surface area contributed by atoms with Gasteiger partial charge in [-0.1, -0.05) is 0 Å². The number of hydrogen-bond donors (Lipinski definition) is 2. The Hall–Kier alpha value is -2.34. The molecule has 1 aromatic heterocycles. The third-order valence-electron chi connectivity index (χ3n) is 2.56. The van der Waals surface area contributed by atoms with Gasteiger partial charge in [-0.15, -0.1) is 11.3 Å². The Morgan fingerprint density at radius 2 is 1.95 bits per heavy atom. The summed E-state index contributed by atoms with van der Waals surface area (Å²) < 4.78 is 4.93. The summed E-state index contributed by atoms with van der Waals surface area (Å²) in [7, 11) is 0. The Kier molecular flexibility index (Phi) is 4.37. The summed E-state index contributed by atoms with van der Waals surface area (Å²) in [6, 6.07) is 8.18. The zero-order valence-corrected chi connectivity index (χ0v) is 11.7. The van der Waals surface area contributed by atoms with E-state index in [1.54, 1.807) is 42.6 Å². The molecule has 1 amide bonds. The maximum atomic E-state index is 12.1. The number of ether oxygens (including phenoxy) is 1. The fourth-order valence-electron chi connectivity index (χ4n) is 1.59. The van der Waals surface area contributed by atoms with Crippen LogP contribution in [0.1, 0.15) is 27.6 Å². The normalized spacial score (nSPS) is 10.1. The first-order valence-corrected chi connectivity index (χ1v) is 6.91. The quantitative estimate of drug-likeness (QED) is 0.670. The first-order chi connectivity index (χ1) is 9.61. The maximum Gasteiger partial charge on any atom is 0.341 e. The van der Waals surface area contributed by atoms with Crippen molar-refractivity contribution >= 4 is 33.9 Å². The summed E-state index contributed by atoms with van der Waals surface area (Å²) >= 11 is 1.27. The average Bonchev–Trinajstić information content (AvgIpc) is 2.88. The van der Waals surface area contributed by atoms with Gasteiger partial charge in [0.25, 0.3) is 5.91 Å². The zero-order chi connectivity index (χ0) is 14.5. The van der Waals surface area contributed by atoms with E-state index in [2.05, 4.69) is 5.32 Å². The van der Waals surface area contributed by atoms with Crippen LogP contribution in [0.5, 0.6) is 0 Å². The molecule has 0 unspecified atom stereocenters. The molecule has 2 rings (SSSR count). The second-order valence-electron chi connectivity index (χ2n) is 3.96. The number of carbonyl (C=O) groups is 2. The number of benzene rings is 1. The molecule has 1 heterocycles. The molecule has 0 aliphatic carbocycles. The van der Waals surface area contributed by atoms with Crippen LogP contribution in [-0.4, -0.2) is 18.5 Å². The van der Waals surface area contributed by atoms with Crippen molar-refractivity contribution in [2.75, 3.05) is 17.7 Å². The number of thiophene rings is 1. The number of anilines is 2. The fourth-order valence-corrected chi connectivity index (χ4v) is 2.36. The molecule has 0 bridgehead atoms. The van der Waals surface area contributed by atoms with Crippen LogP contribution >= 0.6 is 11.3 Å². The first-order valence-electron chi connectivity index (χ1n) is 6.03. The van der Waals surface area contributed by atoms with E-state index < -0.39 is 5.97 Å². The van der Waals surface area contributed by atoms with Crippen LogP contribution in [0.15, 0.2) is 35.7 Å². The molecule has 20 heavy (non-hydrogen) atoms. The monoisotopic (exact) mass is 290 g/mol. The summed E-state index contributed by atoms with van der Waals surface area (Å²) in [6.45, 7) is 2.02. The van der Waals surface area contributed by atoms with Gasteiger partial charge in [-0.2, -0.15) is 0 Å². The van der Waals surface area contributed by atoms with E-state index in [9.17, 15) is 9.59 Å². The summed E-state index contributed by atoms with van der Waals surface area (Å²) in [5, 5.41) is 4.91. The van der Waals surface area contributed by atoms with E-state index in [-0.39, 0.29) is 5.91 Å². The van der Waals surface area contributed by atoms with Crippen molar-refractivity contribution in [1.82, 2.24) is 0 Å². The van der Waals surface area contributed by atoms with Crippen molar-refractivity contribution in [2.45, 2.75) is 6.92 Å². The molecule has 3 N–H and O–H groups in total. The lowest BCUT2D eigenvalue weighted by Gasteiger charge is -2.06. The highest BCUT2D eigenvalue weighted by Crippen LogP contribution is 2.24. The van der Waals surface area contributed by atoms with Crippen LogP contribution in [0.25, 0.3) is 0 Å². The van der Waals surface area contributed by atoms with Crippen LogP contribution < -0.4 is 11.1 Å². The number of hydrogen-bond acceptors (Lipinski definition) is 5. The number of nitrogens with two attached hydrogens (primary N) is 1. The predicted octanol–water partition coefficient (Wildman–Crippen LogP) is 2.76.